The number of hydrogen-bond acceptors (Lipinski definition) is 5. The fraction of sp³-hybridized carbons (Fsp3) is 0.409. The van der Waals surface area contributed by atoms with E-state index in [0.29, 0.717) is 32.4 Å². The zero-order valence-electron chi connectivity index (χ0n) is 17.2. The van der Waals surface area contributed by atoms with E-state index in [4.69, 9.17) is 0 Å². The van der Waals surface area contributed by atoms with E-state index in [2.05, 4.69) is 21.2 Å². The minimum atomic E-state index is -4.47. The minimum absolute atomic E-state index is 0.0164. The van der Waals surface area contributed by atoms with Crippen LogP contribution in [0.3, 0.4) is 0 Å². The van der Waals surface area contributed by atoms with Gasteiger partial charge in [0.05, 0.1) is 5.56 Å². The molecule has 2 atom stereocenters. The first-order valence-corrected chi connectivity index (χ1v) is 10.5. The van der Waals surface area contributed by atoms with Gasteiger partial charge in [0, 0.05) is 43.1 Å². The number of carbonyl (C=O) groups excluding carboxylic acids is 2. The molecule has 0 saturated carbocycles. The molecule has 2 aromatic rings. The molecule has 0 spiro atoms. The number of piperidine rings is 1. The third-order valence-electron chi connectivity index (χ3n) is 5.94. The molecule has 0 aliphatic carbocycles. The van der Waals surface area contributed by atoms with E-state index in [1.54, 1.807) is 17.3 Å². The number of carbonyl (C=O) groups is 2. The average molecular weight is 447 g/mol. The molecule has 2 aliphatic heterocycles. The second-order valence-electron chi connectivity index (χ2n) is 8.08. The van der Waals surface area contributed by atoms with Gasteiger partial charge in [0.25, 0.3) is 0 Å². The Balaban J connectivity index is 1.28. The van der Waals surface area contributed by atoms with Crippen molar-refractivity contribution in [2.24, 2.45) is 5.92 Å². The average Bonchev–Trinajstić information content (AvgIpc) is 3.29. The van der Waals surface area contributed by atoms with Crippen LogP contribution in [-0.4, -0.2) is 40.8 Å². The maximum Gasteiger partial charge on any atom is 0.416 e. The Morgan fingerprint density at radius 2 is 1.78 bits per heavy atom. The number of hydrogen-bond donors (Lipinski definition) is 3. The van der Waals surface area contributed by atoms with Gasteiger partial charge in [-0.15, -0.1) is 0 Å². The number of nitrogens with zero attached hydrogens (tertiary/aromatic N) is 2. The second-order valence-corrected chi connectivity index (χ2v) is 8.08. The minimum Gasteiger partial charge on any atom is -0.341 e. The highest BCUT2D eigenvalue weighted by molar-refractivity contribution is 5.93. The molecule has 1 aromatic carbocycles. The molecule has 2 unspecified atom stereocenters. The molecule has 2 fully saturated rings. The van der Waals surface area contributed by atoms with Gasteiger partial charge in [-0.2, -0.15) is 13.2 Å². The third-order valence-corrected chi connectivity index (χ3v) is 5.94. The van der Waals surface area contributed by atoms with Gasteiger partial charge < -0.3 is 10.2 Å². The quantitative estimate of drug-likeness (QED) is 0.671. The Bertz CT molecular complexity index is 962. The molecular formula is C22H24F3N5O2. The summed E-state index contributed by atoms with van der Waals surface area (Å²) in [6.07, 6.45) is 0.489. The summed E-state index contributed by atoms with van der Waals surface area (Å²) in [4.78, 5) is 31.2. The first kappa shape index (κ1) is 22.2. The van der Waals surface area contributed by atoms with Gasteiger partial charge in [0.15, 0.2) is 0 Å². The van der Waals surface area contributed by atoms with Crippen molar-refractivity contribution in [2.75, 3.05) is 18.4 Å². The lowest BCUT2D eigenvalue weighted by Gasteiger charge is -2.32. The van der Waals surface area contributed by atoms with Crippen molar-refractivity contribution in [1.82, 2.24) is 20.7 Å². The molecule has 2 amide bonds. The van der Waals surface area contributed by atoms with Crippen molar-refractivity contribution >= 4 is 17.5 Å². The van der Waals surface area contributed by atoms with E-state index >= 15 is 0 Å². The normalized spacial score (nSPS) is 22.0. The van der Waals surface area contributed by atoms with Gasteiger partial charge in [0.1, 0.15) is 6.04 Å². The molecule has 3 N–H and O–H groups in total. The van der Waals surface area contributed by atoms with Crippen LogP contribution in [0.15, 0.2) is 48.8 Å². The summed E-state index contributed by atoms with van der Waals surface area (Å²) in [6, 6.07) is 8.05. The Kier molecular flexibility index (Phi) is 6.43. The van der Waals surface area contributed by atoms with E-state index in [0.717, 1.165) is 17.7 Å². The number of hydrazine groups is 1. The van der Waals surface area contributed by atoms with Gasteiger partial charge in [-0.05, 0) is 55.2 Å². The molecule has 32 heavy (non-hydrogen) atoms. The summed E-state index contributed by atoms with van der Waals surface area (Å²) in [6.45, 7) is 0.856. The number of benzene rings is 1. The lowest BCUT2D eigenvalue weighted by molar-refractivity contribution is -0.137. The number of pyridine rings is 1. The van der Waals surface area contributed by atoms with Crippen LogP contribution >= 0.6 is 0 Å². The van der Waals surface area contributed by atoms with Crippen molar-refractivity contribution < 1.29 is 22.8 Å². The number of anilines is 1. The topological polar surface area (TPSA) is 86.4 Å². The van der Waals surface area contributed by atoms with Crippen molar-refractivity contribution in [1.29, 1.82) is 0 Å². The Morgan fingerprint density at radius 1 is 1.06 bits per heavy atom. The number of rotatable bonds is 4. The summed E-state index contributed by atoms with van der Waals surface area (Å²) in [5.74, 6) is -0.701. The molecule has 0 radical (unpaired) electrons. The van der Waals surface area contributed by atoms with Crippen LogP contribution in [0.1, 0.15) is 36.4 Å². The fourth-order valence-corrected chi connectivity index (χ4v) is 4.13. The molecule has 7 nitrogen and oxygen atoms in total. The number of halogens is 3. The maximum atomic E-state index is 12.9. The number of likely N-dealkylation sites (tertiary alicyclic amines) is 1. The number of amides is 2. The fourth-order valence-electron chi connectivity index (χ4n) is 4.13. The summed E-state index contributed by atoms with van der Waals surface area (Å²) in [5.41, 5.74) is 6.56. The van der Waals surface area contributed by atoms with E-state index in [-0.39, 0.29) is 35.5 Å². The Labute approximate surface area is 183 Å². The van der Waals surface area contributed by atoms with Gasteiger partial charge in [-0.3, -0.25) is 14.6 Å². The standard InChI is InChI=1S/C22H24F3N5O2/c23-22(24,25)16-2-1-3-17(12-16)27-20(31)15-6-10-30(11-7-15)21(32)19-13-18(28-29-19)14-4-8-26-9-5-14/h1-5,8-9,12,15,18-19,28-29H,6-7,10-11,13H2,(H,27,31). The highest BCUT2D eigenvalue weighted by Gasteiger charge is 2.35. The van der Waals surface area contributed by atoms with E-state index in [9.17, 15) is 22.8 Å². The van der Waals surface area contributed by atoms with Crippen molar-refractivity contribution in [3.05, 3.63) is 59.9 Å². The molecule has 170 valence electrons. The van der Waals surface area contributed by atoms with E-state index in [1.165, 1.54) is 12.1 Å². The van der Waals surface area contributed by atoms with Crippen molar-refractivity contribution in [3.63, 3.8) is 0 Å². The lowest BCUT2D eigenvalue weighted by atomic mass is 9.94. The van der Waals surface area contributed by atoms with Gasteiger partial charge in [-0.25, -0.2) is 10.9 Å². The highest BCUT2D eigenvalue weighted by Crippen LogP contribution is 2.31. The SMILES string of the molecule is O=C(Nc1cccc(C(F)(F)F)c1)C1CCN(C(=O)C2CC(c3ccncc3)NN2)CC1. The molecule has 4 rings (SSSR count). The zero-order valence-corrected chi connectivity index (χ0v) is 17.2. The maximum absolute atomic E-state index is 12.9. The third kappa shape index (κ3) is 5.08. The van der Waals surface area contributed by atoms with Crippen LogP contribution in [-0.2, 0) is 15.8 Å². The summed E-state index contributed by atoms with van der Waals surface area (Å²) in [5, 5.41) is 2.58. The van der Waals surface area contributed by atoms with Crippen molar-refractivity contribution in [2.45, 2.75) is 37.5 Å². The molecule has 0 bridgehead atoms. The van der Waals surface area contributed by atoms with E-state index < -0.39 is 11.7 Å². The largest absolute Gasteiger partial charge is 0.416 e. The molecule has 2 saturated heterocycles. The van der Waals surface area contributed by atoms with E-state index in [1.807, 2.05) is 12.1 Å². The van der Waals surface area contributed by atoms with Crippen LogP contribution in [0.2, 0.25) is 0 Å². The summed E-state index contributed by atoms with van der Waals surface area (Å²) < 4.78 is 38.6. The van der Waals surface area contributed by atoms with Crippen LogP contribution in [0.5, 0.6) is 0 Å². The highest BCUT2D eigenvalue weighted by atomic mass is 19.4. The molecule has 3 heterocycles. The number of nitrogens with one attached hydrogen (secondary N) is 3. The summed E-state index contributed by atoms with van der Waals surface area (Å²) in [7, 11) is 0. The lowest BCUT2D eigenvalue weighted by Crippen LogP contribution is -2.49. The predicted molar refractivity (Wildman–Crippen MR) is 111 cm³/mol. The first-order valence-electron chi connectivity index (χ1n) is 10.5. The van der Waals surface area contributed by atoms with Crippen LogP contribution in [0.4, 0.5) is 18.9 Å². The van der Waals surface area contributed by atoms with Crippen LogP contribution in [0, 0.1) is 5.92 Å². The monoisotopic (exact) mass is 447 g/mol. The van der Waals surface area contributed by atoms with Crippen LogP contribution < -0.4 is 16.2 Å². The first-order chi connectivity index (χ1) is 15.3. The van der Waals surface area contributed by atoms with Gasteiger partial charge in [-0.1, -0.05) is 6.07 Å². The molecule has 1 aromatic heterocycles. The Hall–Kier alpha value is -2.98. The zero-order chi connectivity index (χ0) is 22.7. The smallest absolute Gasteiger partial charge is 0.341 e. The second kappa shape index (κ2) is 9.25. The predicted octanol–water partition coefficient (Wildman–Crippen LogP) is 2.89. The number of aromatic nitrogens is 1. The molecule has 10 heteroatoms. The van der Waals surface area contributed by atoms with Gasteiger partial charge >= 0.3 is 6.18 Å². The molecule has 2 aliphatic rings. The van der Waals surface area contributed by atoms with Gasteiger partial charge in [0.2, 0.25) is 11.8 Å². The number of alkyl halides is 3. The molecular weight excluding hydrogens is 423 g/mol. The Morgan fingerprint density at radius 3 is 2.47 bits per heavy atom. The van der Waals surface area contributed by atoms with Crippen LogP contribution in [0.25, 0.3) is 0 Å². The van der Waals surface area contributed by atoms with Crippen molar-refractivity contribution in [3.8, 4) is 0 Å². The summed E-state index contributed by atoms with van der Waals surface area (Å²) >= 11 is 0.